The Morgan fingerprint density at radius 2 is 1.90 bits per heavy atom. The van der Waals surface area contributed by atoms with Crippen molar-refractivity contribution in [3.8, 4) is 23.1 Å². The predicted molar refractivity (Wildman–Crippen MR) is 111 cm³/mol. The van der Waals surface area contributed by atoms with Gasteiger partial charge in [0, 0.05) is 17.2 Å². The summed E-state index contributed by atoms with van der Waals surface area (Å²) in [5.74, 6) is -0.584. The molecule has 0 aliphatic rings. The largest absolute Gasteiger partial charge is 0.492 e. The van der Waals surface area contributed by atoms with E-state index in [2.05, 4.69) is 37.0 Å². The van der Waals surface area contributed by atoms with Crippen LogP contribution in [0.1, 0.15) is 35.3 Å². The first-order valence-electron chi connectivity index (χ1n) is 9.29. The van der Waals surface area contributed by atoms with E-state index in [0.29, 0.717) is 29.2 Å². The Morgan fingerprint density at radius 1 is 1.14 bits per heavy atom. The van der Waals surface area contributed by atoms with E-state index < -0.39 is 5.97 Å². The zero-order valence-electron chi connectivity index (χ0n) is 16.4. The van der Waals surface area contributed by atoms with Crippen molar-refractivity contribution in [2.45, 2.75) is 20.3 Å². The van der Waals surface area contributed by atoms with Gasteiger partial charge < -0.3 is 9.84 Å². The monoisotopic (exact) mass is 386 g/mol. The van der Waals surface area contributed by atoms with Crippen LogP contribution in [-0.4, -0.2) is 22.7 Å². The number of carboxylic acids is 1. The fraction of sp³-hybridized carbons (Fsp3) is 0.208. The van der Waals surface area contributed by atoms with Gasteiger partial charge in [-0.1, -0.05) is 44.2 Å². The summed E-state index contributed by atoms with van der Waals surface area (Å²) < 4.78 is 5.97. The third-order valence-electron chi connectivity index (χ3n) is 4.56. The Hall–Kier alpha value is -3.65. The van der Waals surface area contributed by atoms with Gasteiger partial charge in [0.2, 0.25) is 0 Å². The van der Waals surface area contributed by atoms with Crippen molar-refractivity contribution in [3.63, 3.8) is 0 Å². The third-order valence-corrected chi connectivity index (χ3v) is 4.56. The average molecular weight is 386 g/mol. The van der Waals surface area contributed by atoms with Gasteiger partial charge in [-0.2, -0.15) is 5.26 Å². The van der Waals surface area contributed by atoms with Crippen LogP contribution in [0, 0.1) is 16.7 Å². The molecule has 29 heavy (non-hydrogen) atoms. The van der Waals surface area contributed by atoms with Crippen LogP contribution in [0.15, 0.2) is 66.9 Å². The summed E-state index contributed by atoms with van der Waals surface area (Å²) in [5.41, 5.74) is 2.44. The highest BCUT2D eigenvalue weighted by Gasteiger charge is 2.21. The molecule has 0 fully saturated rings. The second-order valence-electron chi connectivity index (χ2n) is 7.64. The Balaban J connectivity index is 1.80. The normalized spacial score (nSPS) is 10.9. The predicted octanol–water partition coefficient (Wildman–Crippen LogP) is 4.97. The average Bonchev–Trinajstić information content (AvgIpc) is 2.72. The number of nitrogens with zero attached hydrogens (tertiary/aromatic N) is 2. The van der Waals surface area contributed by atoms with Crippen molar-refractivity contribution in [2.24, 2.45) is 5.41 Å². The number of carbonyl (C=O) groups is 1. The first kappa shape index (κ1) is 20.1. The highest BCUT2D eigenvalue weighted by Crippen LogP contribution is 2.29. The van der Waals surface area contributed by atoms with E-state index in [-0.39, 0.29) is 11.0 Å². The van der Waals surface area contributed by atoms with E-state index in [1.165, 1.54) is 17.8 Å². The molecule has 1 aromatic heterocycles. The van der Waals surface area contributed by atoms with Crippen LogP contribution >= 0.6 is 0 Å². The molecule has 1 heterocycles. The second-order valence-corrected chi connectivity index (χ2v) is 7.64. The number of rotatable bonds is 7. The van der Waals surface area contributed by atoms with Crippen LogP contribution in [0.3, 0.4) is 0 Å². The Kier molecular flexibility index (Phi) is 5.94. The van der Waals surface area contributed by atoms with Gasteiger partial charge in [0.1, 0.15) is 11.8 Å². The molecule has 1 N–H and O–H groups in total. The first-order chi connectivity index (χ1) is 13.9. The topological polar surface area (TPSA) is 83.2 Å². The quantitative estimate of drug-likeness (QED) is 0.620. The molecule has 0 aliphatic heterocycles. The van der Waals surface area contributed by atoms with Gasteiger partial charge >= 0.3 is 5.97 Å². The van der Waals surface area contributed by atoms with E-state index in [0.717, 1.165) is 6.42 Å². The Morgan fingerprint density at radius 3 is 2.59 bits per heavy atom. The van der Waals surface area contributed by atoms with Gasteiger partial charge in [0.15, 0.2) is 0 Å². The highest BCUT2D eigenvalue weighted by molar-refractivity contribution is 5.94. The van der Waals surface area contributed by atoms with Crippen LogP contribution in [-0.2, 0) is 6.42 Å². The van der Waals surface area contributed by atoms with Gasteiger partial charge in [-0.05, 0) is 42.3 Å². The molecule has 3 aromatic rings. The zero-order chi connectivity index (χ0) is 20.9. The summed E-state index contributed by atoms with van der Waals surface area (Å²) >= 11 is 0. The van der Waals surface area contributed by atoms with Crippen LogP contribution in [0.25, 0.3) is 11.3 Å². The van der Waals surface area contributed by atoms with Gasteiger partial charge in [0.05, 0.1) is 23.4 Å². The Bertz CT molecular complexity index is 1050. The van der Waals surface area contributed by atoms with Crippen molar-refractivity contribution in [1.82, 2.24) is 4.98 Å². The molecule has 0 radical (unpaired) electrons. The molecule has 0 aliphatic carbocycles. The van der Waals surface area contributed by atoms with Gasteiger partial charge in [-0.3, -0.25) is 4.98 Å². The molecule has 5 nitrogen and oxygen atoms in total. The van der Waals surface area contributed by atoms with Crippen molar-refractivity contribution in [3.05, 3.63) is 83.6 Å². The molecule has 2 aromatic carbocycles. The lowest BCUT2D eigenvalue weighted by atomic mass is 9.86. The zero-order valence-corrected chi connectivity index (χ0v) is 16.4. The summed E-state index contributed by atoms with van der Waals surface area (Å²) in [4.78, 5) is 15.6. The van der Waals surface area contributed by atoms with Crippen molar-refractivity contribution < 1.29 is 14.6 Å². The smallest absolute Gasteiger partial charge is 0.337 e. The molecule has 5 heteroatoms. The minimum absolute atomic E-state index is 0.0917. The molecule has 0 saturated carbocycles. The summed E-state index contributed by atoms with van der Waals surface area (Å²) in [5, 5.41) is 18.9. The summed E-state index contributed by atoms with van der Waals surface area (Å²) in [6.45, 7) is 4.68. The lowest BCUT2D eigenvalue weighted by molar-refractivity contribution is 0.0697. The Labute approximate surface area is 170 Å². The van der Waals surface area contributed by atoms with E-state index in [1.807, 2.05) is 18.2 Å². The maximum Gasteiger partial charge on any atom is 0.337 e. The number of benzene rings is 2. The van der Waals surface area contributed by atoms with Gasteiger partial charge in [-0.25, -0.2) is 4.79 Å². The molecule has 146 valence electrons. The SMILES string of the molecule is CC(C)(COc1ccc(-c2ncccc2C(=O)O)cc1C#N)Cc1ccccc1. The van der Waals surface area contributed by atoms with Crippen LogP contribution in [0.5, 0.6) is 5.75 Å². The summed E-state index contributed by atoms with van der Waals surface area (Å²) in [7, 11) is 0. The number of hydrogen-bond acceptors (Lipinski definition) is 4. The number of ether oxygens (including phenoxy) is 1. The van der Waals surface area contributed by atoms with Crippen LogP contribution in [0.4, 0.5) is 0 Å². The fourth-order valence-corrected chi connectivity index (χ4v) is 3.17. The van der Waals surface area contributed by atoms with Crippen LogP contribution in [0.2, 0.25) is 0 Å². The molecule has 0 unspecified atom stereocenters. The number of carboxylic acid groups (broad SMARTS) is 1. The number of hydrogen-bond donors (Lipinski definition) is 1. The van der Waals surface area contributed by atoms with Crippen LogP contribution < -0.4 is 4.74 Å². The lowest BCUT2D eigenvalue weighted by Crippen LogP contribution is -2.24. The second kappa shape index (κ2) is 8.57. The van der Waals surface area contributed by atoms with Crippen molar-refractivity contribution in [1.29, 1.82) is 5.26 Å². The molecule has 3 rings (SSSR count). The molecule has 0 amide bonds. The number of pyridine rings is 1. The highest BCUT2D eigenvalue weighted by atomic mass is 16.5. The first-order valence-corrected chi connectivity index (χ1v) is 9.29. The minimum Gasteiger partial charge on any atom is -0.492 e. The van der Waals surface area contributed by atoms with Crippen molar-refractivity contribution in [2.75, 3.05) is 6.61 Å². The number of aromatic carboxylic acids is 1. The fourth-order valence-electron chi connectivity index (χ4n) is 3.17. The van der Waals surface area contributed by atoms with E-state index in [4.69, 9.17) is 4.74 Å². The minimum atomic E-state index is -1.06. The molecule has 0 saturated heterocycles. The standard InChI is InChI=1S/C24H22N2O3/c1-24(2,14-17-7-4-3-5-8-17)16-29-21-11-10-18(13-19(21)15-25)22-20(23(27)28)9-6-12-26-22/h3-13H,14,16H2,1-2H3,(H,27,28). The molecular weight excluding hydrogens is 364 g/mol. The number of aromatic nitrogens is 1. The van der Waals surface area contributed by atoms with E-state index in [9.17, 15) is 15.2 Å². The summed E-state index contributed by atoms with van der Waals surface area (Å²) in [6.07, 6.45) is 2.38. The molecular formula is C24H22N2O3. The van der Waals surface area contributed by atoms with Gasteiger partial charge in [0.25, 0.3) is 0 Å². The van der Waals surface area contributed by atoms with Gasteiger partial charge in [-0.15, -0.1) is 0 Å². The lowest BCUT2D eigenvalue weighted by Gasteiger charge is -2.25. The third kappa shape index (κ3) is 4.99. The summed E-state index contributed by atoms with van der Waals surface area (Å²) in [6, 6.07) is 20.5. The maximum absolute atomic E-state index is 11.4. The molecule has 0 atom stereocenters. The van der Waals surface area contributed by atoms with Crippen molar-refractivity contribution >= 4 is 5.97 Å². The molecule has 0 spiro atoms. The molecule has 0 bridgehead atoms. The number of nitriles is 1. The maximum atomic E-state index is 11.4. The van der Waals surface area contributed by atoms with E-state index in [1.54, 1.807) is 24.3 Å². The van der Waals surface area contributed by atoms with E-state index >= 15 is 0 Å².